The lowest BCUT2D eigenvalue weighted by atomic mass is 9.86. The molecule has 2 N–H and O–H groups in total. The lowest BCUT2D eigenvalue weighted by Gasteiger charge is -2.29. The van der Waals surface area contributed by atoms with Crippen molar-refractivity contribution >= 4 is 22.8 Å². The molecule has 3 rings (SSSR count). The molecule has 0 radical (unpaired) electrons. The van der Waals surface area contributed by atoms with Crippen molar-refractivity contribution in [3.8, 4) is 0 Å². The number of urea groups is 1. The topological polar surface area (TPSA) is 93.1 Å². The molecule has 2 atom stereocenters. The number of hydrogen-bond acceptors (Lipinski definition) is 4. The first-order valence-electron chi connectivity index (χ1n) is 9.02. The number of nitrogens with zero attached hydrogens (tertiary/aromatic N) is 2. The van der Waals surface area contributed by atoms with E-state index in [1.165, 1.54) is 11.0 Å². The molecule has 1 aliphatic carbocycles. The quantitative estimate of drug-likeness (QED) is 0.881. The van der Waals surface area contributed by atoms with Crippen LogP contribution in [-0.4, -0.2) is 27.5 Å². The number of imide groups is 1. The van der Waals surface area contributed by atoms with E-state index in [0.29, 0.717) is 22.6 Å². The molecule has 1 heterocycles. The number of benzene rings is 1. The van der Waals surface area contributed by atoms with E-state index in [2.05, 4.69) is 22.5 Å². The Balaban J connectivity index is 1.67. The summed E-state index contributed by atoms with van der Waals surface area (Å²) in [5.74, 6) is 0.303. The van der Waals surface area contributed by atoms with Crippen LogP contribution in [-0.2, 0) is 11.3 Å². The number of amides is 3. The summed E-state index contributed by atoms with van der Waals surface area (Å²) in [6, 6.07) is 6.57. The number of rotatable bonds is 3. The zero-order valence-electron chi connectivity index (χ0n) is 15.1. The van der Waals surface area contributed by atoms with Crippen LogP contribution in [0.3, 0.4) is 0 Å². The summed E-state index contributed by atoms with van der Waals surface area (Å²) in [4.78, 5) is 41.2. The van der Waals surface area contributed by atoms with E-state index in [1.54, 1.807) is 25.1 Å². The highest BCUT2D eigenvalue weighted by Gasteiger charge is 2.23. The van der Waals surface area contributed by atoms with Gasteiger partial charge in [0.2, 0.25) is 5.91 Å². The van der Waals surface area contributed by atoms with Gasteiger partial charge in [0.1, 0.15) is 12.4 Å². The van der Waals surface area contributed by atoms with E-state index in [1.807, 2.05) is 6.07 Å². The Bertz CT molecular complexity index is 890. The molecule has 0 unspecified atom stereocenters. The van der Waals surface area contributed by atoms with Gasteiger partial charge in [-0.2, -0.15) is 0 Å². The molecule has 1 saturated carbocycles. The van der Waals surface area contributed by atoms with E-state index >= 15 is 0 Å². The number of aryl methyl sites for hydroxylation is 1. The van der Waals surface area contributed by atoms with Gasteiger partial charge in [0.25, 0.3) is 5.56 Å². The Hall–Kier alpha value is -2.70. The van der Waals surface area contributed by atoms with Crippen LogP contribution in [0.15, 0.2) is 29.1 Å². The van der Waals surface area contributed by atoms with Crippen molar-refractivity contribution in [2.24, 2.45) is 5.92 Å². The Labute approximate surface area is 151 Å². The molecule has 0 spiro atoms. The molecule has 0 aliphatic heterocycles. The predicted octanol–water partition coefficient (Wildman–Crippen LogP) is 2.11. The van der Waals surface area contributed by atoms with Gasteiger partial charge in [-0.25, -0.2) is 9.78 Å². The molecule has 1 fully saturated rings. The van der Waals surface area contributed by atoms with E-state index in [9.17, 15) is 14.4 Å². The van der Waals surface area contributed by atoms with Crippen molar-refractivity contribution in [3.05, 3.63) is 40.4 Å². The summed E-state index contributed by atoms with van der Waals surface area (Å²) in [6.45, 7) is 3.54. The lowest BCUT2D eigenvalue weighted by molar-refractivity contribution is -0.120. The predicted molar refractivity (Wildman–Crippen MR) is 98.8 cm³/mol. The number of fused-ring (bicyclic) bond motifs is 1. The molecular weight excluding hydrogens is 332 g/mol. The van der Waals surface area contributed by atoms with E-state index in [0.717, 1.165) is 19.3 Å². The fraction of sp³-hybridized carbons (Fsp3) is 0.474. The Morgan fingerprint density at radius 2 is 1.96 bits per heavy atom. The van der Waals surface area contributed by atoms with Gasteiger partial charge in [-0.1, -0.05) is 31.9 Å². The van der Waals surface area contributed by atoms with Crippen LogP contribution in [0.1, 0.15) is 38.4 Å². The van der Waals surface area contributed by atoms with Gasteiger partial charge in [-0.15, -0.1) is 0 Å². The molecular formula is C19H24N4O3. The van der Waals surface area contributed by atoms with Crippen molar-refractivity contribution in [1.82, 2.24) is 20.2 Å². The molecule has 26 heavy (non-hydrogen) atoms. The summed E-state index contributed by atoms with van der Waals surface area (Å²) < 4.78 is 1.29. The third-order valence-electron chi connectivity index (χ3n) is 5.04. The fourth-order valence-corrected chi connectivity index (χ4v) is 3.51. The highest BCUT2D eigenvalue weighted by atomic mass is 16.2. The molecule has 1 aromatic heterocycles. The molecule has 0 bridgehead atoms. The largest absolute Gasteiger partial charge is 0.335 e. The van der Waals surface area contributed by atoms with Crippen LogP contribution in [0.25, 0.3) is 10.9 Å². The van der Waals surface area contributed by atoms with Gasteiger partial charge in [-0.3, -0.25) is 19.5 Å². The highest BCUT2D eigenvalue weighted by Crippen LogP contribution is 2.23. The number of nitrogens with one attached hydrogen (secondary N) is 2. The number of carbonyl (C=O) groups excluding carboxylic acids is 2. The van der Waals surface area contributed by atoms with Crippen LogP contribution >= 0.6 is 0 Å². The minimum atomic E-state index is -0.534. The van der Waals surface area contributed by atoms with E-state index in [4.69, 9.17) is 0 Å². The lowest BCUT2D eigenvalue weighted by Crippen LogP contribution is -2.48. The fourth-order valence-electron chi connectivity index (χ4n) is 3.51. The number of para-hydroxylation sites is 1. The van der Waals surface area contributed by atoms with Gasteiger partial charge in [0.15, 0.2) is 0 Å². The monoisotopic (exact) mass is 356 g/mol. The Morgan fingerprint density at radius 1 is 1.23 bits per heavy atom. The van der Waals surface area contributed by atoms with E-state index in [-0.39, 0.29) is 18.1 Å². The van der Waals surface area contributed by atoms with Crippen LogP contribution in [0, 0.1) is 12.8 Å². The Morgan fingerprint density at radius 3 is 2.73 bits per heavy atom. The number of hydrogen-bond donors (Lipinski definition) is 2. The van der Waals surface area contributed by atoms with Crippen molar-refractivity contribution in [2.75, 3.05) is 0 Å². The third kappa shape index (κ3) is 3.92. The molecule has 7 heteroatoms. The second kappa shape index (κ2) is 7.68. The smallest absolute Gasteiger partial charge is 0.321 e. The first-order chi connectivity index (χ1) is 12.5. The first kappa shape index (κ1) is 18.1. The van der Waals surface area contributed by atoms with E-state index < -0.39 is 11.9 Å². The second-order valence-corrected chi connectivity index (χ2v) is 6.96. The number of carbonyl (C=O) groups is 2. The maximum absolute atomic E-state index is 12.6. The average molecular weight is 356 g/mol. The van der Waals surface area contributed by atoms with Gasteiger partial charge in [0, 0.05) is 6.04 Å². The van der Waals surface area contributed by atoms with Crippen molar-refractivity contribution in [3.63, 3.8) is 0 Å². The standard InChI is InChI=1S/C19H24N4O3/c1-12-7-3-5-9-15(12)21-19(26)22-17(24)11-23-13(2)20-16-10-6-4-8-14(16)18(23)25/h4,6,8,10,12,15H,3,5,7,9,11H2,1-2H3,(H2,21,22,24,26)/t12-,15-/m0/s1. The first-order valence-corrected chi connectivity index (χ1v) is 9.02. The zero-order chi connectivity index (χ0) is 18.7. The molecule has 7 nitrogen and oxygen atoms in total. The van der Waals surface area contributed by atoms with Gasteiger partial charge >= 0.3 is 6.03 Å². The molecule has 1 aromatic carbocycles. The maximum atomic E-state index is 12.6. The van der Waals surface area contributed by atoms with Gasteiger partial charge in [-0.05, 0) is 37.8 Å². The molecule has 1 aliphatic rings. The zero-order valence-corrected chi connectivity index (χ0v) is 15.1. The summed E-state index contributed by atoms with van der Waals surface area (Å²) in [7, 11) is 0. The highest BCUT2D eigenvalue weighted by molar-refractivity contribution is 5.94. The normalized spacial score (nSPS) is 19.9. The summed E-state index contributed by atoms with van der Waals surface area (Å²) in [6.07, 6.45) is 4.27. The third-order valence-corrected chi connectivity index (χ3v) is 5.04. The van der Waals surface area contributed by atoms with Gasteiger partial charge in [0.05, 0.1) is 10.9 Å². The number of aromatic nitrogens is 2. The minimum Gasteiger partial charge on any atom is -0.335 e. The van der Waals surface area contributed by atoms with Crippen molar-refractivity contribution < 1.29 is 9.59 Å². The van der Waals surface area contributed by atoms with Crippen LogP contribution in [0.4, 0.5) is 4.79 Å². The van der Waals surface area contributed by atoms with Crippen molar-refractivity contribution in [2.45, 2.75) is 52.1 Å². The SMILES string of the molecule is Cc1nc2ccccc2c(=O)n1CC(=O)NC(=O)N[C@H]1CCCC[C@@H]1C. The van der Waals surface area contributed by atoms with Crippen LogP contribution in [0.5, 0.6) is 0 Å². The molecule has 3 amide bonds. The summed E-state index contributed by atoms with van der Waals surface area (Å²) >= 11 is 0. The second-order valence-electron chi connectivity index (χ2n) is 6.96. The van der Waals surface area contributed by atoms with Crippen LogP contribution < -0.4 is 16.2 Å². The van der Waals surface area contributed by atoms with Crippen molar-refractivity contribution in [1.29, 1.82) is 0 Å². The van der Waals surface area contributed by atoms with Gasteiger partial charge < -0.3 is 5.32 Å². The van der Waals surface area contributed by atoms with Crippen LogP contribution in [0.2, 0.25) is 0 Å². The maximum Gasteiger partial charge on any atom is 0.321 e. The Kier molecular flexibility index (Phi) is 5.35. The molecule has 138 valence electrons. The molecule has 2 aromatic rings. The minimum absolute atomic E-state index is 0.0864. The summed E-state index contributed by atoms with van der Waals surface area (Å²) in [5, 5.41) is 5.64. The molecule has 0 saturated heterocycles. The average Bonchev–Trinajstić information content (AvgIpc) is 2.60. The summed E-state index contributed by atoms with van der Waals surface area (Å²) in [5.41, 5.74) is 0.306.